The Morgan fingerprint density at radius 2 is 1.76 bits per heavy atom. The van der Waals surface area contributed by atoms with Crippen molar-refractivity contribution in [2.75, 3.05) is 17.2 Å². The van der Waals surface area contributed by atoms with Gasteiger partial charge in [0.15, 0.2) is 0 Å². The van der Waals surface area contributed by atoms with Gasteiger partial charge in [0.2, 0.25) is 5.95 Å². The van der Waals surface area contributed by atoms with E-state index in [-0.39, 0.29) is 5.97 Å². The molecule has 0 unspecified atom stereocenters. The van der Waals surface area contributed by atoms with Crippen LogP contribution < -0.4 is 10.6 Å². The number of aromatic nitrogens is 2. The summed E-state index contributed by atoms with van der Waals surface area (Å²) in [6, 6.07) is 17.2. The number of carbonyl (C=O) groups excluding carboxylic acids is 1. The predicted octanol–water partition coefficient (Wildman–Crippen LogP) is 5.57. The zero-order valence-corrected chi connectivity index (χ0v) is 17.2. The number of nitrogens with one attached hydrogen (secondary N) is 2. The molecule has 6 nitrogen and oxygen atoms in total. The van der Waals surface area contributed by atoms with Crippen LogP contribution in [0.1, 0.15) is 48.3 Å². The van der Waals surface area contributed by atoms with Gasteiger partial charge in [-0.25, -0.2) is 9.78 Å². The van der Waals surface area contributed by atoms with Crippen molar-refractivity contribution < 1.29 is 9.53 Å². The highest BCUT2D eigenvalue weighted by molar-refractivity contribution is 5.89. The number of esters is 1. The Bertz CT molecular complexity index is 984. The van der Waals surface area contributed by atoms with E-state index < -0.39 is 0 Å². The number of rotatable bonds is 7. The van der Waals surface area contributed by atoms with E-state index in [9.17, 15) is 4.79 Å². The minimum absolute atomic E-state index is 0.332. The van der Waals surface area contributed by atoms with Crippen LogP contribution in [-0.4, -0.2) is 22.5 Å². The summed E-state index contributed by atoms with van der Waals surface area (Å²) in [5.41, 5.74) is 4.40. The normalized spacial score (nSPS) is 10.7. The molecule has 0 radical (unpaired) electrons. The Labute approximate surface area is 171 Å². The molecule has 0 aliphatic rings. The van der Waals surface area contributed by atoms with Crippen molar-refractivity contribution in [2.45, 2.75) is 33.6 Å². The minimum atomic E-state index is -0.332. The van der Waals surface area contributed by atoms with Crippen molar-refractivity contribution in [3.05, 3.63) is 71.4 Å². The fourth-order valence-electron chi connectivity index (χ4n) is 2.97. The number of nitrogens with zero attached hydrogens (tertiary/aromatic N) is 2. The number of hydrogen-bond donors (Lipinski definition) is 2. The molecule has 2 aromatic carbocycles. The number of carbonyl (C=O) groups is 1. The maximum Gasteiger partial charge on any atom is 0.338 e. The number of para-hydroxylation sites is 1. The average molecular weight is 390 g/mol. The number of anilines is 4. The topological polar surface area (TPSA) is 76.1 Å². The Hall–Kier alpha value is -3.41. The lowest BCUT2D eigenvalue weighted by molar-refractivity contribution is 0.0526. The highest BCUT2D eigenvalue weighted by Crippen LogP contribution is 2.27. The van der Waals surface area contributed by atoms with E-state index in [2.05, 4.69) is 40.5 Å². The van der Waals surface area contributed by atoms with Gasteiger partial charge in [-0.15, -0.1) is 0 Å². The second kappa shape index (κ2) is 9.19. The van der Waals surface area contributed by atoms with E-state index in [0.29, 0.717) is 24.0 Å². The number of benzene rings is 2. The lowest BCUT2D eigenvalue weighted by atomic mass is 10.0. The Balaban J connectivity index is 1.78. The first-order valence-electron chi connectivity index (χ1n) is 9.72. The van der Waals surface area contributed by atoms with Gasteiger partial charge in [0, 0.05) is 23.1 Å². The van der Waals surface area contributed by atoms with Crippen LogP contribution in [0.25, 0.3) is 0 Å². The molecule has 0 saturated heterocycles. The van der Waals surface area contributed by atoms with Gasteiger partial charge in [-0.05, 0) is 55.7 Å². The van der Waals surface area contributed by atoms with Crippen LogP contribution in [0.4, 0.5) is 23.1 Å². The van der Waals surface area contributed by atoms with Crippen molar-refractivity contribution in [3.8, 4) is 0 Å². The van der Waals surface area contributed by atoms with Gasteiger partial charge in [-0.2, -0.15) is 4.98 Å². The Morgan fingerprint density at radius 1 is 1.03 bits per heavy atom. The van der Waals surface area contributed by atoms with Crippen LogP contribution in [0.3, 0.4) is 0 Å². The quantitative estimate of drug-likeness (QED) is 0.514. The van der Waals surface area contributed by atoms with Crippen LogP contribution >= 0.6 is 0 Å². The molecule has 6 heteroatoms. The lowest BCUT2D eigenvalue weighted by Gasteiger charge is -2.15. The molecule has 0 saturated carbocycles. The van der Waals surface area contributed by atoms with Gasteiger partial charge in [0.25, 0.3) is 0 Å². The van der Waals surface area contributed by atoms with Crippen molar-refractivity contribution in [3.63, 3.8) is 0 Å². The van der Waals surface area contributed by atoms with Gasteiger partial charge < -0.3 is 15.4 Å². The molecule has 0 amide bonds. The number of hydrogen-bond acceptors (Lipinski definition) is 6. The third-order valence-corrected chi connectivity index (χ3v) is 4.35. The van der Waals surface area contributed by atoms with Crippen LogP contribution in [-0.2, 0) is 4.74 Å². The molecule has 0 atom stereocenters. The van der Waals surface area contributed by atoms with Gasteiger partial charge >= 0.3 is 5.97 Å². The maximum atomic E-state index is 11.8. The second-order valence-corrected chi connectivity index (χ2v) is 7.01. The summed E-state index contributed by atoms with van der Waals surface area (Å²) in [4.78, 5) is 20.8. The summed E-state index contributed by atoms with van der Waals surface area (Å²) in [6.07, 6.45) is 0. The first-order valence-corrected chi connectivity index (χ1v) is 9.72. The van der Waals surface area contributed by atoms with Crippen molar-refractivity contribution >= 4 is 29.1 Å². The third-order valence-electron chi connectivity index (χ3n) is 4.35. The largest absolute Gasteiger partial charge is 0.462 e. The Morgan fingerprint density at radius 3 is 2.45 bits per heavy atom. The van der Waals surface area contributed by atoms with Crippen LogP contribution in [0.15, 0.2) is 54.6 Å². The molecule has 29 heavy (non-hydrogen) atoms. The Kier molecular flexibility index (Phi) is 6.44. The summed E-state index contributed by atoms with van der Waals surface area (Å²) in [6.45, 7) is 8.40. The summed E-state index contributed by atoms with van der Waals surface area (Å²) >= 11 is 0. The summed E-state index contributed by atoms with van der Waals surface area (Å²) < 4.78 is 5.01. The first kappa shape index (κ1) is 20.3. The van der Waals surface area contributed by atoms with Crippen molar-refractivity contribution in [2.24, 2.45) is 0 Å². The van der Waals surface area contributed by atoms with Crippen LogP contribution in [0.2, 0.25) is 0 Å². The molecule has 0 fully saturated rings. The average Bonchev–Trinajstić information content (AvgIpc) is 2.68. The molecular formula is C23H26N4O2. The fourth-order valence-corrected chi connectivity index (χ4v) is 2.97. The molecule has 0 aliphatic carbocycles. The summed E-state index contributed by atoms with van der Waals surface area (Å²) in [5.74, 6) is 1.27. The van der Waals surface area contributed by atoms with E-state index in [0.717, 1.165) is 22.9 Å². The zero-order valence-electron chi connectivity index (χ0n) is 17.2. The summed E-state index contributed by atoms with van der Waals surface area (Å²) in [7, 11) is 0. The summed E-state index contributed by atoms with van der Waals surface area (Å²) in [5, 5.41) is 6.60. The monoisotopic (exact) mass is 390 g/mol. The van der Waals surface area contributed by atoms with Crippen molar-refractivity contribution in [1.82, 2.24) is 9.97 Å². The first-order chi connectivity index (χ1) is 14.0. The second-order valence-electron chi connectivity index (χ2n) is 7.01. The highest BCUT2D eigenvalue weighted by atomic mass is 16.5. The molecule has 150 valence electrons. The molecule has 0 bridgehead atoms. The molecule has 3 rings (SSSR count). The van der Waals surface area contributed by atoms with E-state index in [1.807, 2.05) is 31.2 Å². The van der Waals surface area contributed by atoms with E-state index in [4.69, 9.17) is 4.74 Å². The van der Waals surface area contributed by atoms with E-state index in [1.165, 1.54) is 5.56 Å². The van der Waals surface area contributed by atoms with Gasteiger partial charge in [-0.1, -0.05) is 32.0 Å². The zero-order chi connectivity index (χ0) is 20.8. The third kappa shape index (κ3) is 5.31. The highest BCUT2D eigenvalue weighted by Gasteiger charge is 2.09. The number of aryl methyl sites for hydroxylation is 1. The predicted molar refractivity (Wildman–Crippen MR) is 116 cm³/mol. The van der Waals surface area contributed by atoms with Gasteiger partial charge in [-0.3, -0.25) is 0 Å². The van der Waals surface area contributed by atoms with Crippen LogP contribution in [0, 0.1) is 6.92 Å². The van der Waals surface area contributed by atoms with Crippen LogP contribution in [0.5, 0.6) is 0 Å². The standard InChI is InChI=1S/C23H26N4O2/c1-5-29-22(28)17-10-12-18(13-11-17)25-23-24-16(4)14-21(27-23)26-20-9-7-6-8-19(20)15(2)3/h6-15H,5H2,1-4H3,(H2,24,25,26,27). The SMILES string of the molecule is CCOC(=O)c1ccc(Nc2nc(C)cc(Nc3ccccc3C(C)C)n2)cc1. The van der Waals surface area contributed by atoms with Gasteiger partial charge in [0.1, 0.15) is 5.82 Å². The number of ether oxygens (including phenoxy) is 1. The van der Waals surface area contributed by atoms with E-state index in [1.54, 1.807) is 31.2 Å². The smallest absolute Gasteiger partial charge is 0.338 e. The molecular weight excluding hydrogens is 364 g/mol. The molecule has 3 aromatic rings. The molecule has 1 aromatic heterocycles. The van der Waals surface area contributed by atoms with Gasteiger partial charge in [0.05, 0.1) is 12.2 Å². The van der Waals surface area contributed by atoms with Crippen molar-refractivity contribution in [1.29, 1.82) is 0 Å². The fraction of sp³-hybridized carbons (Fsp3) is 0.261. The lowest BCUT2D eigenvalue weighted by Crippen LogP contribution is -2.05. The minimum Gasteiger partial charge on any atom is -0.462 e. The molecule has 1 heterocycles. The molecule has 0 aliphatic heterocycles. The molecule has 2 N–H and O–H groups in total. The maximum absolute atomic E-state index is 11.8. The molecule has 0 spiro atoms. The van der Waals surface area contributed by atoms with E-state index >= 15 is 0 Å².